The average Bonchev–Trinajstić information content (AvgIpc) is 2.96. The Morgan fingerprint density at radius 1 is 1.33 bits per heavy atom. The molecular weight excluding hydrogens is 377 g/mol. The van der Waals surface area contributed by atoms with Crippen LogP contribution in [0.25, 0.3) is 0 Å². The van der Waals surface area contributed by atoms with Crippen LogP contribution in [-0.4, -0.2) is 38.1 Å². The molecule has 116 valence electrons. The standard InChI is InChI=1S/C15H23N5.HI/c1-16-15(19-12-7-4-5-8-12)17-11-13-9-6-10-14(18-13)20(2)3;/h4-6,9-10,12H,7-8,11H2,1-3H3,(H2,16,17,19);1H. The zero-order chi connectivity index (χ0) is 14.4. The van der Waals surface area contributed by atoms with E-state index in [-0.39, 0.29) is 24.0 Å². The molecule has 21 heavy (non-hydrogen) atoms. The van der Waals surface area contributed by atoms with Gasteiger partial charge in [0.15, 0.2) is 5.96 Å². The summed E-state index contributed by atoms with van der Waals surface area (Å²) in [6.45, 7) is 0.668. The molecule has 1 aliphatic carbocycles. The number of guanidine groups is 1. The van der Waals surface area contributed by atoms with E-state index in [0.29, 0.717) is 12.6 Å². The quantitative estimate of drug-likeness (QED) is 0.352. The molecular formula is C15H24IN5. The fourth-order valence-corrected chi connectivity index (χ4v) is 2.11. The molecule has 5 nitrogen and oxygen atoms in total. The molecule has 0 aromatic carbocycles. The summed E-state index contributed by atoms with van der Waals surface area (Å²) in [5, 5.41) is 6.72. The van der Waals surface area contributed by atoms with Gasteiger partial charge in [-0.15, -0.1) is 24.0 Å². The normalized spacial score (nSPS) is 14.7. The van der Waals surface area contributed by atoms with Gasteiger partial charge in [0.2, 0.25) is 0 Å². The first-order chi connectivity index (χ1) is 9.69. The number of aromatic nitrogens is 1. The van der Waals surface area contributed by atoms with E-state index in [2.05, 4.69) is 32.8 Å². The molecule has 0 aliphatic heterocycles. The van der Waals surface area contributed by atoms with Crippen LogP contribution in [0.2, 0.25) is 0 Å². The minimum Gasteiger partial charge on any atom is -0.363 e. The van der Waals surface area contributed by atoms with Gasteiger partial charge < -0.3 is 15.5 Å². The number of halogens is 1. The predicted molar refractivity (Wildman–Crippen MR) is 99.5 cm³/mol. The molecule has 0 spiro atoms. The van der Waals surface area contributed by atoms with Crippen molar-refractivity contribution in [2.45, 2.75) is 25.4 Å². The summed E-state index contributed by atoms with van der Waals surface area (Å²) in [4.78, 5) is 10.8. The van der Waals surface area contributed by atoms with E-state index in [1.807, 2.05) is 37.2 Å². The zero-order valence-electron chi connectivity index (χ0n) is 12.8. The smallest absolute Gasteiger partial charge is 0.191 e. The Morgan fingerprint density at radius 3 is 2.67 bits per heavy atom. The summed E-state index contributed by atoms with van der Waals surface area (Å²) >= 11 is 0. The van der Waals surface area contributed by atoms with E-state index < -0.39 is 0 Å². The lowest BCUT2D eigenvalue weighted by Gasteiger charge is -2.17. The topological polar surface area (TPSA) is 52.6 Å². The van der Waals surface area contributed by atoms with Crippen LogP contribution in [0.4, 0.5) is 5.82 Å². The number of aliphatic imine (C=N–C) groups is 1. The van der Waals surface area contributed by atoms with Gasteiger partial charge in [-0.3, -0.25) is 4.99 Å². The Morgan fingerprint density at radius 2 is 2.05 bits per heavy atom. The van der Waals surface area contributed by atoms with Gasteiger partial charge in [0.05, 0.1) is 12.2 Å². The van der Waals surface area contributed by atoms with Crippen molar-refractivity contribution < 1.29 is 0 Å². The van der Waals surface area contributed by atoms with Crippen molar-refractivity contribution in [2.24, 2.45) is 4.99 Å². The summed E-state index contributed by atoms with van der Waals surface area (Å²) < 4.78 is 0. The van der Waals surface area contributed by atoms with Crippen LogP contribution in [0.15, 0.2) is 35.3 Å². The van der Waals surface area contributed by atoms with E-state index in [9.17, 15) is 0 Å². The van der Waals surface area contributed by atoms with Crippen LogP contribution >= 0.6 is 24.0 Å². The Hall–Kier alpha value is -1.31. The van der Waals surface area contributed by atoms with Crippen molar-refractivity contribution >= 4 is 35.8 Å². The Balaban J connectivity index is 0.00000220. The molecule has 2 rings (SSSR count). The van der Waals surface area contributed by atoms with Gasteiger partial charge in [0.25, 0.3) is 0 Å². The molecule has 1 aliphatic rings. The first-order valence-corrected chi connectivity index (χ1v) is 6.94. The maximum atomic E-state index is 4.58. The van der Waals surface area contributed by atoms with Crippen molar-refractivity contribution in [3.8, 4) is 0 Å². The first-order valence-electron chi connectivity index (χ1n) is 6.94. The summed E-state index contributed by atoms with van der Waals surface area (Å²) in [5.41, 5.74) is 1.00. The van der Waals surface area contributed by atoms with Crippen LogP contribution in [0.3, 0.4) is 0 Å². The van der Waals surface area contributed by atoms with Crippen LogP contribution < -0.4 is 15.5 Å². The summed E-state index contributed by atoms with van der Waals surface area (Å²) in [5.74, 6) is 1.79. The van der Waals surface area contributed by atoms with Gasteiger partial charge in [-0.05, 0) is 25.0 Å². The third-order valence-electron chi connectivity index (χ3n) is 3.26. The number of hydrogen-bond donors (Lipinski definition) is 2. The van der Waals surface area contributed by atoms with Crippen molar-refractivity contribution in [1.82, 2.24) is 15.6 Å². The van der Waals surface area contributed by atoms with Crippen molar-refractivity contribution in [1.29, 1.82) is 0 Å². The number of nitrogens with one attached hydrogen (secondary N) is 2. The number of nitrogens with zero attached hydrogens (tertiary/aromatic N) is 3. The van der Waals surface area contributed by atoms with Crippen molar-refractivity contribution in [3.63, 3.8) is 0 Å². The third kappa shape index (κ3) is 5.53. The van der Waals surface area contributed by atoms with Gasteiger partial charge in [0.1, 0.15) is 5.82 Å². The minimum absolute atomic E-state index is 0. The molecule has 0 unspecified atom stereocenters. The van der Waals surface area contributed by atoms with E-state index in [0.717, 1.165) is 30.3 Å². The van der Waals surface area contributed by atoms with Gasteiger partial charge >= 0.3 is 0 Å². The second kappa shape index (κ2) is 8.86. The lowest BCUT2D eigenvalue weighted by Crippen LogP contribution is -2.42. The molecule has 0 atom stereocenters. The molecule has 1 aromatic rings. The second-order valence-corrected chi connectivity index (χ2v) is 5.09. The van der Waals surface area contributed by atoms with Crippen LogP contribution in [0.1, 0.15) is 18.5 Å². The number of hydrogen-bond acceptors (Lipinski definition) is 3. The van der Waals surface area contributed by atoms with E-state index in [4.69, 9.17) is 0 Å². The van der Waals surface area contributed by atoms with Gasteiger partial charge in [-0.25, -0.2) is 4.98 Å². The third-order valence-corrected chi connectivity index (χ3v) is 3.26. The Labute approximate surface area is 144 Å². The van der Waals surface area contributed by atoms with E-state index in [1.54, 1.807) is 7.05 Å². The fraction of sp³-hybridized carbons (Fsp3) is 0.467. The highest BCUT2D eigenvalue weighted by Crippen LogP contribution is 2.09. The molecule has 0 radical (unpaired) electrons. The summed E-state index contributed by atoms with van der Waals surface area (Å²) in [6.07, 6.45) is 6.53. The maximum Gasteiger partial charge on any atom is 0.191 e. The molecule has 0 saturated heterocycles. The maximum absolute atomic E-state index is 4.58. The number of anilines is 1. The highest BCUT2D eigenvalue weighted by molar-refractivity contribution is 14.0. The molecule has 0 fully saturated rings. The first kappa shape index (κ1) is 17.7. The second-order valence-electron chi connectivity index (χ2n) is 5.09. The van der Waals surface area contributed by atoms with Crippen LogP contribution in [0, 0.1) is 0 Å². The van der Waals surface area contributed by atoms with Crippen LogP contribution in [0.5, 0.6) is 0 Å². The average molecular weight is 401 g/mol. The fourth-order valence-electron chi connectivity index (χ4n) is 2.11. The molecule has 1 heterocycles. The largest absolute Gasteiger partial charge is 0.363 e. The molecule has 0 amide bonds. The molecule has 0 bridgehead atoms. The predicted octanol–water partition coefficient (Wildman–Crippen LogP) is 2.15. The van der Waals surface area contributed by atoms with Gasteiger partial charge in [0, 0.05) is 27.2 Å². The van der Waals surface area contributed by atoms with Gasteiger partial charge in [-0.2, -0.15) is 0 Å². The monoisotopic (exact) mass is 401 g/mol. The Kier molecular flexibility index (Phi) is 7.49. The lowest BCUT2D eigenvalue weighted by molar-refractivity contribution is 0.632. The zero-order valence-corrected chi connectivity index (χ0v) is 15.2. The van der Waals surface area contributed by atoms with Crippen molar-refractivity contribution in [3.05, 3.63) is 36.0 Å². The van der Waals surface area contributed by atoms with Crippen LogP contribution in [-0.2, 0) is 6.54 Å². The highest BCUT2D eigenvalue weighted by atomic mass is 127. The number of rotatable bonds is 4. The summed E-state index contributed by atoms with van der Waals surface area (Å²) in [6, 6.07) is 6.50. The molecule has 1 aromatic heterocycles. The molecule has 2 N–H and O–H groups in total. The summed E-state index contributed by atoms with van der Waals surface area (Å²) in [7, 11) is 5.78. The highest BCUT2D eigenvalue weighted by Gasteiger charge is 2.11. The molecule has 0 saturated carbocycles. The van der Waals surface area contributed by atoms with Gasteiger partial charge in [-0.1, -0.05) is 18.2 Å². The van der Waals surface area contributed by atoms with E-state index in [1.165, 1.54) is 0 Å². The Bertz CT molecular complexity index is 491. The molecule has 6 heteroatoms. The lowest BCUT2D eigenvalue weighted by atomic mass is 10.2. The minimum atomic E-state index is 0. The SMILES string of the molecule is CN=C(NCc1cccc(N(C)C)n1)NC1CC=CC1.I. The van der Waals surface area contributed by atoms with E-state index >= 15 is 0 Å². The van der Waals surface area contributed by atoms with Crippen molar-refractivity contribution in [2.75, 3.05) is 26.0 Å². The number of pyridine rings is 1.